The molecule has 1 aromatic rings. The van der Waals surface area contributed by atoms with Crippen LogP contribution in [0.25, 0.3) is 0 Å². The molecule has 0 bridgehead atoms. The molecule has 7 nitrogen and oxygen atoms in total. The molecular formula is C12H23N5O2S. The van der Waals surface area contributed by atoms with E-state index in [-0.39, 0.29) is 16.8 Å². The van der Waals surface area contributed by atoms with E-state index in [4.69, 9.17) is 5.73 Å². The van der Waals surface area contributed by atoms with Gasteiger partial charge in [0.05, 0.1) is 0 Å². The van der Waals surface area contributed by atoms with E-state index in [1.807, 2.05) is 21.0 Å². The Bertz CT molecular complexity index is 566. The summed E-state index contributed by atoms with van der Waals surface area (Å²) < 4.78 is 28.3. The van der Waals surface area contributed by atoms with Crippen LogP contribution in [0.3, 0.4) is 0 Å². The third-order valence-electron chi connectivity index (χ3n) is 3.68. The van der Waals surface area contributed by atoms with Crippen molar-refractivity contribution in [2.75, 3.05) is 32.9 Å². The predicted molar refractivity (Wildman–Crippen MR) is 77.8 cm³/mol. The first-order chi connectivity index (χ1) is 9.36. The summed E-state index contributed by atoms with van der Waals surface area (Å²) in [5.41, 5.74) is 5.77. The van der Waals surface area contributed by atoms with Gasteiger partial charge in [-0.1, -0.05) is 6.92 Å². The number of hydrogen-bond acceptors (Lipinski definition) is 5. The Morgan fingerprint density at radius 1 is 1.50 bits per heavy atom. The first-order valence-electron chi connectivity index (χ1n) is 6.85. The highest BCUT2D eigenvalue weighted by molar-refractivity contribution is 7.89. The van der Waals surface area contributed by atoms with E-state index < -0.39 is 10.0 Å². The fourth-order valence-electron chi connectivity index (χ4n) is 2.45. The van der Waals surface area contributed by atoms with Crippen molar-refractivity contribution in [2.24, 2.45) is 0 Å². The largest absolute Gasteiger partial charge is 0.381 e. The summed E-state index contributed by atoms with van der Waals surface area (Å²) >= 11 is 0. The lowest BCUT2D eigenvalue weighted by Gasteiger charge is -2.19. The van der Waals surface area contributed by atoms with Crippen LogP contribution in [0, 0.1) is 0 Å². The van der Waals surface area contributed by atoms with Crippen molar-refractivity contribution in [1.82, 2.24) is 19.0 Å². The van der Waals surface area contributed by atoms with Gasteiger partial charge < -0.3 is 10.6 Å². The molecule has 1 aliphatic heterocycles. The van der Waals surface area contributed by atoms with Gasteiger partial charge in [-0.3, -0.25) is 4.68 Å². The first kappa shape index (κ1) is 15.3. The summed E-state index contributed by atoms with van der Waals surface area (Å²) in [6.07, 6.45) is 3.26. The number of sulfonamides is 1. The summed E-state index contributed by atoms with van der Waals surface area (Å²) in [5.74, 6) is 0.0896. The van der Waals surface area contributed by atoms with Crippen molar-refractivity contribution in [3.05, 3.63) is 6.20 Å². The van der Waals surface area contributed by atoms with Gasteiger partial charge in [-0.15, -0.1) is 0 Å². The maximum Gasteiger partial charge on any atom is 0.248 e. The van der Waals surface area contributed by atoms with Crippen molar-refractivity contribution >= 4 is 15.8 Å². The molecule has 1 aromatic heterocycles. The summed E-state index contributed by atoms with van der Waals surface area (Å²) in [5, 5.41) is 4.07. The Hall–Kier alpha value is -1.12. The number of anilines is 1. The minimum absolute atomic E-state index is 0.0896. The van der Waals surface area contributed by atoms with Gasteiger partial charge in [0, 0.05) is 31.9 Å². The van der Waals surface area contributed by atoms with Gasteiger partial charge in [-0.05, 0) is 26.9 Å². The van der Waals surface area contributed by atoms with Crippen LogP contribution < -0.4 is 5.73 Å². The molecule has 0 aliphatic carbocycles. The number of likely N-dealkylation sites (N-methyl/N-ethyl adjacent to an activating group) is 1. The molecule has 0 spiro atoms. The van der Waals surface area contributed by atoms with E-state index in [2.05, 4.69) is 10.00 Å². The lowest BCUT2D eigenvalue weighted by atomic mass is 10.2. The number of aromatic nitrogens is 2. The Balaban J connectivity index is 2.23. The van der Waals surface area contributed by atoms with Gasteiger partial charge in [0.1, 0.15) is 4.90 Å². The van der Waals surface area contributed by atoms with Crippen LogP contribution >= 0.6 is 0 Å². The van der Waals surface area contributed by atoms with Crippen molar-refractivity contribution < 1.29 is 8.42 Å². The Morgan fingerprint density at radius 3 is 2.75 bits per heavy atom. The van der Waals surface area contributed by atoms with Crippen molar-refractivity contribution in [3.8, 4) is 0 Å². The fourth-order valence-corrected chi connectivity index (χ4v) is 4.00. The van der Waals surface area contributed by atoms with Gasteiger partial charge in [0.25, 0.3) is 0 Å². The Kier molecular flexibility index (Phi) is 4.36. The summed E-state index contributed by atoms with van der Waals surface area (Å²) in [7, 11) is 0.398. The molecule has 20 heavy (non-hydrogen) atoms. The lowest BCUT2D eigenvalue weighted by molar-refractivity contribution is 0.302. The first-order valence-corrected chi connectivity index (χ1v) is 8.29. The minimum atomic E-state index is -3.53. The monoisotopic (exact) mass is 301 g/mol. The van der Waals surface area contributed by atoms with E-state index in [0.717, 1.165) is 12.8 Å². The predicted octanol–water partition coefficient (Wildman–Crippen LogP) is 0.200. The number of hydrogen-bond donors (Lipinski definition) is 1. The third-order valence-corrected chi connectivity index (χ3v) is 5.56. The van der Waals surface area contributed by atoms with Crippen LogP contribution in [0.4, 0.5) is 5.82 Å². The van der Waals surface area contributed by atoms with E-state index in [1.54, 1.807) is 4.68 Å². The molecular weight excluding hydrogens is 278 g/mol. The van der Waals surface area contributed by atoms with Gasteiger partial charge in [0.15, 0.2) is 5.82 Å². The minimum Gasteiger partial charge on any atom is -0.381 e. The molecule has 8 heteroatoms. The lowest BCUT2D eigenvalue weighted by Crippen LogP contribution is -2.34. The van der Waals surface area contributed by atoms with Crippen LogP contribution in [0.2, 0.25) is 0 Å². The zero-order valence-electron chi connectivity index (χ0n) is 12.3. The highest BCUT2D eigenvalue weighted by Crippen LogP contribution is 2.25. The highest BCUT2D eigenvalue weighted by Gasteiger charge is 2.35. The zero-order chi connectivity index (χ0) is 14.9. The van der Waals surface area contributed by atoms with Crippen LogP contribution in [-0.2, 0) is 16.6 Å². The van der Waals surface area contributed by atoms with Crippen molar-refractivity contribution in [3.63, 3.8) is 0 Å². The molecule has 1 fully saturated rings. The molecule has 2 heterocycles. The Labute approximate surface area is 120 Å². The summed E-state index contributed by atoms with van der Waals surface area (Å²) in [6.45, 7) is 3.71. The number of aryl methyl sites for hydroxylation is 1. The summed E-state index contributed by atoms with van der Waals surface area (Å²) in [6, 6.07) is 0.261. The van der Waals surface area contributed by atoms with Crippen molar-refractivity contribution in [2.45, 2.75) is 37.2 Å². The highest BCUT2D eigenvalue weighted by atomic mass is 32.2. The molecule has 1 unspecified atom stereocenters. The molecule has 1 aliphatic rings. The Morgan fingerprint density at radius 2 is 2.20 bits per heavy atom. The van der Waals surface area contributed by atoms with Gasteiger partial charge in [-0.2, -0.15) is 9.40 Å². The smallest absolute Gasteiger partial charge is 0.248 e. The second kappa shape index (κ2) is 5.71. The zero-order valence-corrected chi connectivity index (χ0v) is 13.1. The molecule has 2 N–H and O–H groups in total. The van der Waals surface area contributed by atoms with Crippen LogP contribution in [0.1, 0.15) is 19.8 Å². The van der Waals surface area contributed by atoms with E-state index in [1.165, 1.54) is 10.5 Å². The standard InChI is InChI=1S/C12H23N5O2S/c1-4-6-16-9-11(12(13)14-16)20(18,19)17-7-5-10(8-17)15(2)3/h9-10H,4-8H2,1-3H3,(H2,13,14). The van der Waals surface area contributed by atoms with Crippen LogP contribution in [-0.4, -0.2) is 60.6 Å². The normalized spacial score (nSPS) is 20.9. The quantitative estimate of drug-likeness (QED) is 0.840. The maximum atomic E-state index is 12.6. The van der Waals surface area contributed by atoms with E-state index in [0.29, 0.717) is 19.6 Å². The SMILES string of the molecule is CCCn1cc(S(=O)(=O)N2CCC(N(C)C)C2)c(N)n1. The molecule has 1 atom stereocenters. The van der Waals surface area contributed by atoms with E-state index in [9.17, 15) is 8.42 Å². The molecule has 0 amide bonds. The van der Waals surface area contributed by atoms with E-state index >= 15 is 0 Å². The maximum absolute atomic E-state index is 12.6. The van der Waals surface area contributed by atoms with Gasteiger partial charge in [0.2, 0.25) is 10.0 Å². The number of nitrogens with zero attached hydrogens (tertiary/aromatic N) is 4. The van der Waals surface area contributed by atoms with Crippen LogP contribution in [0.5, 0.6) is 0 Å². The van der Waals surface area contributed by atoms with Crippen molar-refractivity contribution in [1.29, 1.82) is 0 Å². The molecule has 0 saturated carbocycles. The topological polar surface area (TPSA) is 84.5 Å². The average Bonchev–Trinajstić information content (AvgIpc) is 2.96. The summed E-state index contributed by atoms with van der Waals surface area (Å²) in [4.78, 5) is 2.18. The molecule has 114 valence electrons. The number of nitrogens with two attached hydrogens (primary N) is 1. The number of rotatable bonds is 5. The number of nitrogen functional groups attached to an aromatic ring is 1. The molecule has 2 rings (SSSR count). The van der Waals surface area contributed by atoms with Gasteiger partial charge in [-0.25, -0.2) is 8.42 Å². The second-order valence-electron chi connectivity index (χ2n) is 5.41. The van der Waals surface area contributed by atoms with Gasteiger partial charge >= 0.3 is 0 Å². The third kappa shape index (κ3) is 2.82. The molecule has 0 radical (unpaired) electrons. The molecule has 0 aromatic carbocycles. The molecule has 1 saturated heterocycles. The second-order valence-corrected chi connectivity index (χ2v) is 7.32. The average molecular weight is 301 g/mol. The fraction of sp³-hybridized carbons (Fsp3) is 0.750. The van der Waals surface area contributed by atoms with Crippen LogP contribution in [0.15, 0.2) is 11.1 Å².